The summed E-state index contributed by atoms with van der Waals surface area (Å²) in [5.74, 6) is -0.540. The number of nitrogens with zero attached hydrogens (tertiary/aromatic N) is 3. The van der Waals surface area contributed by atoms with Crippen LogP contribution in [0.15, 0.2) is 36.5 Å². The van der Waals surface area contributed by atoms with E-state index in [1.165, 1.54) is 12.3 Å². The van der Waals surface area contributed by atoms with Gasteiger partial charge in [-0.25, -0.2) is 0 Å². The summed E-state index contributed by atoms with van der Waals surface area (Å²) in [6.45, 7) is 2.93. The second kappa shape index (κ2) is 8.03. The molecule has 1 N–H and O–H groups in total. The molecule has 6 nitrogen and oxygen atoms in total. The Balaban J connectivity index is 1.74. The topological polar surface area (TPSA) is 65.5 Å². The standard InChI is InChI=1S/C18H18Cl2N4O2/c1-23-6-8-24(9-7-23)18(26)16-10-12(4-5-21-16)17(25)22-15-3-2-13(19)11-14(15)20/h2-5,10-11H,6-9H2,1H3,(H,22,25). The largest absolute Gasteiger partial charge is 0.335 e. The molecule has 1 saturated heterocycles. The minimum atomic E-state index is -0.371. The van der Waals surface area contributed by atoms with Gasteiger partial charge in [-0.2, -0.15) is 0 Å². The molecule has 2 aromatic rings. The number of carbonyl (C=O) groups is 2. The molecule has 1 aromatic heterocycles. The van der Waals surface area contributed by atoms with Gasteiger partial charge in [0.25, 0.3) is 11.8 Å². The predicted molar refractivity (Wildman–Crippen MR) is 102 cm³/mol. The van der Waals surface area contributed by atoms with Crippen molar-refractivity contribution in [3.63, 3.8) is 0 Å². The lowest BCUT2D eigenvalue weighted by Gasteiger charge is -2.32. The van der Waals surface area contributed by atoms with Gasteiger partial charge in [-0.05, 0) is 37.4 Å². The van der Waals surface area contributed by atoms with Crippen LogP contribution in [0.25, 0.3) is 0 Å². The van der Waals surface area contributed by atoms with E-state index in [0.717, 1.165) is 13.1 Å². The molecule has 0 saturated carbocycles. The van der Waals surface area contributed by atoms with Gasteiger partial charge in [0.05, 0.1) is 10.7 Å². The summed E-state index contributed by atoms with van der Waals surface area (Å²) in [5.41, 5.74) is 1.04. The van der Waals surface area contributed by atoms with Crippen LogP contribution < -0.4 is 5.32 Å². The maximum absolute atomic E-state index is 12.6. The zero-order valence-corrected chi connectivity index (χ0v) is 15.7. The van der Waals surface area contributed by atoms with Gasteiger partial charge < -0.3 is 15.1 Å². The highest BCUT2D eigenvalue weighted by atomic mass is 35.5. The Hall–Kier alpha value is -2.15. The summed E-state index contributed by atoms with van der Waals surface area (Å²) in [6, 6.07) is 7.87. The van der Waals surface area contributed by atoms with Crippen LogP contribution >= 0.6 is 23.2 Å². The summed E-state index contributed by atoms with van der Waals surface area (Å²) in [6.07, 6.45) is 1.46. The normalized spacial score (nSPS) is 15.0. The van der Waals surface area contributed by atoms with E-state index in [9.17, 15) is 9.59 Å². The molecule has 0 atom stereocenters. The van der Waals surface area contributed by atoms with E-state index in [0.29, 0.717) is 34.4 Å². The summed E-state index contributed by atoms with van der Waals surface area (Å²) in [7, 11) is 2.02. The van der Waals surface area contributed by atoms with E-state index in [4.69, 9.17) is 23.2 Å². The van der Waals surface area contributed by atoms with Crippen molar-refractivity contribution in [3.05, 3.63) is 57.8 Å². The van der Waals surface area contributed by atoms with Gasteiger partial charge in [-0.3, -0.25) is 14.6 Å². The highest BCUT2D eigenvalue weighted by Crippen LogP contribution is 2.25. The number of likely N-dealkylation sites (N-methyl/N-ethyl adjacent to an activating group) is 1. The summed E-state index contributed by atoms with van der Waals surface area (Å²) < 4.78 is 0. The fraction of sp³-hybridized carbons (Fsp3) is 0.278. The molecule has 0 aliphatic carbocycles. The van der Waals surface area contributed by atoms with Crippen molar-refractivity contribution in [3.8, 4) is 0 Å². The minimum absolute atomic E-state index is 0.169. The Morgan fingerprint density at radius 1 is 1.08 bits per heavy atom. The molecule has 2 heterocycles. The van der Waals surface area contributed by atoms with E-state index in [1.807, 2.05) is 7.05 Å². The molecule has 8 heteroatoms. The number of pyridine rings is 1. The fourth-order valence-corrected chi connectivity index (χ4v) is 3.10. The van der Waals surface area contributed by atoms with Crippen molar-refractivity contribution >= 4 is 40.7 Å². The van der Waals surface area contributed by atoms with Crippen LogP contribution in [0, 0.1) is 0 Å². The Kier molecular flexibility index (Phi) is 5.76. The summed E-state index contributed by atoms with van der Waals surface area (Å²) in [4.78, 5) is 33.1. The van der Waals surface area contributed by atoms with Gasteiger partial charge in [0.15, 0.2) is 0 Å². The number of aromatic nitrogens is 1. The molecule has 1 aliphatic heterocycles. The summed E-state index contributed by atoms with van der Waals surface area (Å²) >= 11 is 11.9. The Morgan fingerprint density at radius 2 is 1.81 bits per heavy atom. The second-order valence-corrected chi connectivity index (χ2v) is 6.95. The molecule has 1 aliphatic rings. The average Bonchev–Trinajstić information content (AvgIpc) is 2.64. The van der Waals surface area contributed by atoms with Crippen molar-refractivity contribution in [2.24, 2.45) is 0 Å². The number of piperazine rings is 1. The molecule has 1 fully saturated rings. The SMILES string of the molecule is CN1CCN(C(=O)c2cc(C(=O)Nc3ccc(Cl)cc3Cl)ccn2)CC1. The van der Waals surface area contributed by atoms with Gasteiger partial charge in [0.2, 0.25) is 0 Å². The molecule has 26 heavy (non-hydrogen) atoms. The third-order valence-corrected chi connectivity index (χ3v) is 4.76. The van der Waals surface area contributed by atoms with E-state index >= 15 is 0 Å². The fourth-order valence-electron chi connectivity index (χ4n) is 2.65. The number of benzene rings is 1. The van der Waals surface area contributed by atoms with Crippen LogP contribution in [0.4, 0.5) is 5.69 Å². The quantitative estimate of drug-likeness (QED) is 0.871. The predicted octanol–water partition coefficient (Wildman–Crippen LogP) is 3.03. The van der Waals surface area contributed by atoms with E-state index in [1.54, 1.807) is 29.2 Å². The molecule has 0 spiro atoms. The zero-order valence-electron chi connectivity index (χ0n) is 14.2. The third kappa shape index (κ3) is 4.33. The van der Waals surface area contributed by atoms with Crippen LogP contribution in [0.5, 0.6) is 0 Å². The number of hydrogen-bond donors (Lipinski definition) is 1. The minimum Gasteiger partial charge on any atom is -0.335 e. The number of nitrogens with one attached hydrogen (secondary N) is 1. The van der Waals surface area contributed by atoms with Crippen molar-refractivity contribution in [1.82, 2.24) is 14.8 Å². The number of amides is 2. The summed E-state index contributed by atoms with van der Waals surface area (Å²) in [5, 5.41) is 3.54. The first-order chi connectivity index (χ1) is 12.4. The molecule has 3 rings (SSSR count). The smallest absolute Gasteiger partial charge is 0.272 e. The van der Waals surface area contributed by atoms with E-state index in [2.05, 4.69) is 15.2 Å². The average molecular weight is 393 g/mol. The maximum atomic E-state index is 12.6. The van der Waals surface area contributed by atoms with Crippen LogP contribution in [-0.4, -0.2) is 59.8 Å². The van der Waals surface area contributed by atoms with Crippen LogP contribution in [0.1, 0.15) is 20.8 Å². The van der Waals surface area contributed by atoms with Crippen LogP contribution in [0.3, 0.4) is 0 Å². The van der Waals surface area contributed by atoms with Crippen LogP contribution in [0.2, 0.25) is 10.0 Å². The van der Waals surface area contributed by atoms with Crippen molar-refractivity contribution in [1.29, 1.82) is 0 Å². The molecular weight excluding hydrogens is 375 g/mol. The first kappa shape index (κ1) is 18.6. The lowest BCUT2D eigenvalue weighted by atomic mass is 10.2. The Morgan fingerprint density at radius 3 is 2.50 bits per heavy atom. The Labute approximate surface area is 161 Å². The van der Waals surface area contributed by atoms with Gasteiger partial charge in [0.1, 0.15) is 5.69 Å². The second-order valence-electron chi connectivity index (χ2n) is 6.10. The maximum Gasteiger partial charge on any atom is 0.272 e. The molecule has 2 amide bonds. The molecule has 0 unspecified atom stereocenters. The lowest BCUT2D eigenvalue weighted by Crippen LogP contribution is -2.47. The highest BCUT2D eigenvalue weighted by Gasteiger charge is 2.22. The van der Waals surface area contributed by atoms with Gasteiger partial charge in [0, 0.05) is 43.0 Å². The van der Waals surface area contributed by atoms with Crippen LogP contribution in [-0.2, 0) is 0 Å². The molecule has 1 aromatic carbocycles. The number of anilines is 1. The molecule has 0 bridgehead atoms. The highest BCUT2D eigenvalue weighted by molar-refractivity contribution is 6.36. The third-order valence-electron chi connectivity index (χ3n) is 4.21. The lowest BCUT2D eigenvalue weighted by molar-refractivity contribution is 0.0658. The first-order valence-electron chi connectivity index (χ1n) is 8.14. The molecular formula is C18H18Cl2N4O2. The van der Waals surface area contributed by atoms with Crippen molar-refractivity contribution < 1.29 is 9.59 Å². The zero-order chi connectivity index (χ0) is 18.7. The van der Waals surface area contributed by atoms with Gasteiger partial charge >= 0.3 is 0 Å². The van der Waals surface area contributed by atoms with Crippen molar-refractivity contribution in [2.45, 2.75) is 0 Å². The van der Waals surface area contributed by atoms with E-state index in [-0.39, 0.29) is 17.5 Å². The van der Waals surface area contributed by atoms with Crippen molar-refractivity contribution in [2.75, 3.05) is 38.5 Å². The number of carbonyl (C=O) groups excluding carboxylic acids is 2. The van der Waals surface area contributed by atoms with Gasteiger partial charge in [-0.1, -0.05) is 23.2 Å². The van der Waals surface area contributed by atoms with E-state index < -0.39 is 0 Å². The Bertz CT molecular complexity index is 836. The van der Waals surface area contributed by atoms with Gasteiger partial charge in [-0.15, -0.1) is 0 Å². The number of halogens is 2. The molecule has 0 radical (unpaired) electrons. The monoisotopic (exact) mass is 392 g/mol. The number of rotatable bonds is 3. The number of hydrogen-bond acceptors (Lipinski definition) is 4. The molecule has 136 valence electrons. The first-order valence-corrected chi connectivity index (χ1v) is 8.90.